The minimum Gasteiger partial charge on any atom is -0.465 e. The maximum absolute atomic E-state index is 13.4. The number of pyridine rings is 1. The number of para-hydroxylation sites is 1. The SMILES string of the molecule is COC(=O)c1c(NC(=O)c2cc(-c3cccc(Cl)c3)nc3ccccc23)sc(C)c1C. The summed E-state index contributed by atoms with van der Waals surface area (Å²) < 4.78 is 4.91. The molecule has 4 rings (SSSR count). The molecule has 1 N–H and O–H groups in total. The summed E-state index contributed by atoms with van der Waals surface area (Å²) in [5.41, 5.74) is 3.78. The number of anilines is 1. The molecule has 156 valence electrons. The molecule has 0 fully saturated rings. The number of aryl methyl sites for hydroxylation is 1. The predicted molar refractivity (Wildman–Crippen MR) is 125 cm³/mol. The minimum absolute atomic E-state index is 0.326. The van der Waals surface area contributed by atoms with Gasteiger partial charge in [0.05, 0.1) is 29.4 Å². The number of methoxy groups -OCH3 is 1. The highest BCUT2D eigenvalue weighted by Gasteiger charge is 2.23. The summed E-state index contributed by atoms with van der Waals surface area (Å²) in [6.07, 6.45) is 0. The van der Waals surface area contributed by atoms with E-state index in [0.717, 1.165) is 21.4 Å². The molecular weight excluding hydrogens is 432 g/mol. The van der Waals surface area contributed by atoms with Crippen molar-refractivity contribution < 1.29 is 14.3 Å². The van der Waals surface area contributed by atoms with E-state index in [1.807, 2.05) is 56.3 Å². The number of aromatic nitrogens is 1. The summed E-state index contributed by atoms with van der Waals surface area (Å²) in [6.45, 7) is 3.74. The van der Waals surface area contributed by atoms with E-state index < -0.39 is 5.97 Å². The fraction of sp³-hybridized carbons (Fsp3) is 0.125. The molecule has 0 saturated carbocycles. The summed E-state index contributed by atoms with van der Waals surface area (Å²) >= 11 is 7.50. The van der Waals surface area contributed by atoms with Crippen molar-refractivity contribution in [3.05, 3.63) is 81.2 Å². The molecule has 0 radical (unpaired) electrons. The predicted octanol–water partition coefficient (Wildman–Crippen LogP) is 6.27. The number of hydrogen-bond acceptors (Lipinski definition) is 5. The molecule has 2 heterocycles. The average Bonchev–Trinajstić information content (AvgIpc) is 3.05. The molecule has 0 bridgehead atoms. The van der Waals surface area contributed by atoms with E-state index in [-0.39, 0.29) is 5.91 Å². The maximum atomic E-state index is 13.4. The Morgan fingerprint density at radius 3 is 2.58 bits per heavy atom. The van der Waals surface area contributed by atoms with Crippen LogP contribution in [0.15, 0.2) is 54.6 Å². The fourth-order valence-electron chi connectivity index (χ4n) is 3.39. The highest BCUT2D eigenvalue weighted by atomic mass is 35.5. The van der Waals surface area contributed by atoms with Crippen LogP contribution in [0.3, 0.4) is 0 Å². The van der Waals surface area contributed by atoms with E-state index >= 15 is 0 Å². The van der Waals surface area contributed by atoms with Crippen molar-refractivity contribution in [2.45, 2.75) is 13.8 Å². The van der Waals surface area contributed by atoms with Gasteiger partial charge in [0.2, 0.25) is 0 Å². The third-order valence-corrected chi connectivity index (χ3v) is 6.44. The molecule has 5 nitrogen and oxygen atoms in total. The Morgan fingerprint density at radius 1 is 1.06 bits per heavy atom. The van der Waals surface area contributed by atoms with Gasteiger partial charge in [-0.2, -0.15) is 0 Å². The van der Waals surface area contributed by atoms with Crippen molar-refractivity contribution >= 4 is 50.7 Å². The topological polar surface area (TPSA) is 68.3 Å². The lowest BCUT2D eigenvalue weighted by Crippen LogP contribution is -2.15. The van der Waals surface area contributed by atoms with E-state index in [1.54, 1.807) is 12.1 Å². The first-order valence-electron chi connectivity index (χ1n) is 9.54. The Balaban J connectivity index is 1.82. The number of halogens is 1. The third kappa shape index (κ3) is 4.04. The quantitative estimate of drug-likeness (QED) is 0.372. The summed E-state index contributed by atoms with van der Waals surface area (Å²) in [6, 6.07) is 16.5. The third-order valence-electron chi connectivity index (χ3n) is 5.08. The second kappa shape index (κ2) is 8.49. The van der Waals surface area contributed by atoms with Crippen LogP contribution in [-0.4, -0.2) is 24.0 Å². The second-order valence-electron chi connectivity index (χ2n) is 7.02. The number of thiophene rings is 1. The van der Waals surface area contributed by atoms with Gasteiger partial charge in [0.25, 0.3) is 5.91 Å². The van der Waals surface area contributed by atoms with Gasteiger partial charge in [-0.3, -0.25) is 4.79 Å². The van der Waals surface area contributed by atoms with Crippen LogP contribution in [0.5, 0.6) is 0 Å². The fourth-order valence-corrected chi connectivity index (χ4v) is 4.63. The number of fused-ring (bicyclic) bond motifs is 1. The summed E-state index contributed by atoms with van der Waals surface area (Å²) in [7, 11) is 1.33. The summed E-state index contributed by atoms with van der Waals surface area (Å²) in [5, 5.41) is 4.69. The van der Waals surface area contributed by atoms with Gasteiger partial charge in [0.15, 0.2) is 0 Å². The smallest absolute Gasteiger partial charge is 0.341 e. The van der Waals surface area contributed by atoms with Gasteiger partial charge in [-0.15, -0.1) is 11.3 Å². The van der Waals surface area contributed by atoms with Crippen molar-refractivity contribution in [3.63, 3.8) is 0 Å². The molecule has 31 heavy (non-hydrogen) atoms. The number of nitrogens with zero attached hydrogens (tertiary/aromatic N) is 1. The normalized spacial score (nSPS) is 10.8. The van der Waals surface area contributed by atoms with Gasteiger partial charge in [0, 0.05) is 20.8 Å². The van der Waals surface area contributed by atoms with E-state index in [2.05, 4.69) is 5.32 Å². The van der Waals surface area contributed by atoms with Gasteiger partial charge in [-0.05, 0) is 43.7 Å². The van der Waals surface area contributed by atoms with E-state index in [1.165, 1.54) is 18.4 Å². The first-order chi connectivity index (χ1) is 14.9. The maximum Gasteiger partial charge on any atom is 0.341 e. The first-order valence-corrected chi connectivity index (χ1v) is 10.7. The van der Waals surface area contributed by atoms with E-state index in [0.29, 0.717) is 32.4 Å². The molecule has 2 aromatic carbocycles. The molecular formula is C24H19ClN2O3S. The lowest BCUT2D eigenvalue weighted by Gasteiger charge is -2.11. The Kier molecular flexibility index (Phi) is 5.76. The first kappa shape index (κ1) is 21.0. The average molecular weight is 451 g/mol. The van der Waals surface area contributed by atoms with Crippen LogP contribution in [0.4, 0.5) is 5.00 Å². The lowest BCUT2D eigenvalue weighted by atomic mass is 10.0. The highest BCUT2D eigenvalue weighted by molar-refractivity contribution is 7.16. The number of ether oxygens (including phenoxy) is 1. The Morgan fingerprint density at radius 2 is 1.84 bits per heavy atom. The van der Waals surface area contributed by atoms with Gasteiger partial charge >= 0.3 is 5.97 Å². The molecule has 2 aromatic heterocycles. The number of hydrogen-bond donors (Lipinski definition) is 1. The molecule has 0 aliphatic carbocycles. The second-order valence-corrected chi connectivity index (χ2v) is 8.68. The van der Waals surface area contributed by atoms with Gasteiger partial charge in [-0.1, -0.05) is 41.9 Å². The Labute approximate surface area is 188 Å². The highest BCUT2D eigenvalue weighted by Crippen LogP contribution is 2.34. The van der Waals surface area contributed by atoms with Gasteiger partial charge in [-0.25, -0.2) is 9.78 Å². The minimum atomic E-state index is -0.476. The number of nitrogens with one attached hydrogen (secondary N) is 1. The Hall–Kier alpha value is -3.22. The largest absolute Gasteiger partial charge is 0.465 e. The van der Waals surface area contributed by atoms with Crippen molar-refractivity contribution in [3.8, 4) is 11.3 Å². The zero-order chi connectivity index (χ0) is 22.1. The molecule has 0 atom stereocenters. The van der Waals surface area contributed by atoms with E-state index in [4.69, 9.17) is 21.3 Å². The zero-order valence-electron chi connectivity index (χ0n) is 17.2. The lowest BCUT2D eigenvalue weighted by molar-refractivity contribution is 0.0601. The van der Waals surface area contributed by atoms with Crippen LogP contribution in [0.1, 0.15) is 31.2 Å². The zero-order valence-corrected chi connectivity index (χ0v) is 18.7. The molecule has 0 spiro atoms. The Bertz CT molecular complexity index is 1330. The number of amides is 1. The molecule has 0 aliphatic rings. The monoisotopic (exact) mass is 450 g/mol. The van der Waals surface area contributed by atoms with Crippen LogP contribution in [-0.2, 0) is 4.74 Å². The van der Waals surface area contributed by atoms with Gasteiger partial charge < -0.3 is 10.1 Å². The van der Waals surface area contributed by atoms with E-state index in [9.17, 15) is 9.59 Å². The number of rotatable bonds is 4. The summed E-state index contributed by atoms with van der Waals surface area (Å²) in [4.78, 5) is 31.3. The molecule has 7 heteroatoms. The van der Waals surface area contributed by atoms with Crippen molar-refractivity contribution in [2.24, 2.45) is 0 Å². The van der Waals surface area contributed by atoms with Crippen LogP contribution < -0.4 is 5.32 Å². The molecule has 1 amide bonds. The molecule has 0 aliphatic heterocycles. The number of esters is 1. The standard InChI is InChI=1S/C24H19ClN2O3S/c1-13-14(2)31-23(21(13)24(29)30-3)27-22(28)18-12-20(15-7-6-8-16(25)11-15)26-19-10-5-4-9-17(18)19/h4-12H,1-3H3,(H,27,28). The molecule has 4 aromatic rings. The number of benzene rings is 2. The molecule has 0 unspecified atom stereocenters. The van der Waals surface area contributed by atoms with Crippen LogP contribution in [0.2, 0.25) is 5.02 Å². The van der Waals surface area contributed by atoms with Crippen molar-refractivity contribution in [1.29, 1.82) is 0 Å². The number of carbonyl (C=O) groups excluding carboxylic acids is 2. The van der Waals surface area contributed by atoms with Crippen molar-refractivity contribution in [2.75, 3.05) is 12.4 Å². The van der Waals surface area contributed by atoms with Crippen LogP contribution in [0, 0.1) is 13.8 Å². The molecule has 0 saturated heterocycles. The van der Waals surface area contributed by atoms with Crippen LogP contribution in [0.25, 0.3) is 22.2 Å². The van der Waals surface area contributed by atoms with Gasteiger partial charge in [0.1, 0.15) is 5.00 Å². The van der Waals surface area contributed by atoms with Crippen molar-refractivity contribution in [1.82, 2.24) is 4.98 Å². The number of carbonyl (C=O) groups is 2. The van der Waals surface area contributed by atoms with Crippen LogP contribution >= 0.6 is 22.9 Å². The summed E-state index contributed by atoms with van der Waals surface area (Å²) in [5.74, 6) is -0.801.